The number of aryl methyl sites for hydroxylation is 1. The second kappa shape index (κ2) is 5.05. The minimum Gasteiger partial charge on any atom is -0.337 e. The van der Waals surface area contributed by atoms with Crippen LogP contribution in [0.3, 0.4) is 0 Å². The Bertz CT molecular complexity index is 844. The summed E-state index contributed by atoms with van der Waals surface area (Å²) in [6.07, 6.45) is 1.36. The molecule has 0 bridgehead atoms. The van der Waals surface area contributed by atoms with Crippen molar-refractivity contribution in [1.29, 1.82) is 0 Å². The van der Waals surface area contributed by atoms with Gasteiger partial charge >= 0.3 is 0 Å². The number of halogens is 1. The average Bonchev–Trinajstić information content (AvgIpc) is 2.44. The van der Waals surface area contributed by atoms with Gasteiger partial charge in [0, 0.05) is 11.1 Å². The van der Waals surface area contributed by atoms with Crippen molar-refractivity contribution in [3.05, 3.63) is 57.2 Å². The monoisotopic (exact) mass is 330 g/mol. The van der Waals surface area contributed by atoms with Gasteiger partial charge in [0.25, 0.3) is 5.56 Å². The Kier molecular flexibility index (Phi) is 3.23. The molecule has 0 fully saturated rings. The van der Waals surface area contributed by atoms with Gasteiger partial charge in [-0.15, -0.1) is 0 Å². The van der Waals surface area contributed by atoms with Crippen LogP contribution in [-0.2, 0) is 0 Å². The van der Waals surface area contributed by atoms with Crippen LogP contribution in [0.4, 0.5) is 11.5 Å². The van der Waals surface area contributed by atoms with E-state index in [9.17, 15) is 4.79 Å². The first kappa shape index (κ1) is 12.8. The predicted octanol–water partition coefficient (Wildman–Crippen LogP) is 3.13. The van der Waals surface area contributed by atoms with Crippen molar-refractivity contribution in [3.8, 4) is 0 Å². The van der Waals surface area contributed by atoms with Gasteiger partial charge in [0.1, 0.15) is 4.47 Å². The lowest BCUT2D eigenvalue weighted by Gasteiger charge is -2.09. The van der Waals surface area contributed by atoms with Gasteiger partial charge in [-0.1, -0.05) is 18.2 Å². The molecule has 0 aliphatic carbocycles. The van der Waals surface area contributed by atoms with E-state index in [0.29, 0.717) is 10.3 Å². The van der Waals surface area contributed by atoms with Crippen LogP contribution in [0.5, 0.6) is 0 Å². The fraction of sp³-hybridized carbons (Fsp3) is 0.0714. The highest BCUT2D eigenvalue weighted by atomic mass is 79.9. The molecule has 2 heterocycles. The van der Waals surface area contributed by atoms with Crippen LogP contribution >= 0.6 is 15.9 Å². The van der Waals surface area contributed by atoms with Crippen LogP contribution in [0.2, 0.25) is 0 Å². The van der Waals surface area contributed by atoms with E-state index in [1.807, 2.05) is 37.3 Å². The second-order valence-corrected chi connectivity index (χ2v) is 5.14. The normalized spacial score (nSPS) is 10.7. The van der Waals surface area contributed by atoms with E-state index in [4.69, 9.17) is 0 Å². The molecule has 0 amide bonds. The summed E-state index contributed by atoms with van der Waals surface area (Å²) >= 11 is 3.23. The summed E-state index contributed by atoms with van der Waals surface area (Å²) in [5, 5.41) is 4.17. The average molecular weight is 331 g/mol. The van der Waals surface area contributed by atoms with Crippen molar-refractivity contribution < 1.29 is 0 Å². The predicted molar refractivity (Wildman–Crippen MR) is 82.3 cm³/mol. The van der Waals surface area contributed by atoms with E-state index >= 15 is 0 Å². The molecule has 0 saturated carbocycles. The fourth-order valence-corrected chi connectivity index (χ4v) is 2.26. The van der Waals surface area contributed by atoms with Crippen LogP contribution in [0, 0.1) is 6.92 Å². The third-order valence-corrected chi connectivity index (χ3v) is 3.64. The van der Waals surface area contributed by atoms with Gasteiger partial charge < -0.3 is 10.3 Å². The molecule has 1 aromatic carbocycles. The summed E-state index contributed by atoms with van der Waals surface area (Å²) in [5.74, 6) is 0.463. The highest BCUT2D eigenvalue weighted by molar-refractivity contribution is 9.10. The Balaban J connectivity index is 2.13. The first-order valence-electron chi connectivity index (χ1n) is 6.02. The number of hydrogen-bond acceptors (Lipinski definition) is 4. The van der Waals surface area contributed by atoms with E-state index in [2.05, 4.69) is 36.2 Å². The van der Waals surface area contributed by atoms with E-state index in [1.54, 1.807) is 0 Å². The van der Waals surface area contributed by atoms with Gasteiger partial charge in [0.15, 0.2) is 5.82 Å². The molecule has 0 unspecified atom stereocenters. The van der Waals surface area contributed by atoms with Crippen LogP contribution in [0.25, 0.3) is 10.9 Å². The van der Waals surface area contributed by atoms with Gasteiger partial charge in [0.05, 0.1) is 17.5 Å². The molecule has 100 valence electrons. The van der Waals surface area contributed by atoms with E-state index in [-0.39, 0.29) is 5.56 Å². The maximum Gasteiger partial charge on any atom is 0.267 e. The highest BCUT2D eigenvalue weighted by Crippen LogP contribution is 2.26. The summed E-state index contributed by atoms with van der Waals surface area (Å²) in [7, 11) is 0. The zero-order valence-corrected chi connectivity index (χ0v) is 12.2. The number of pyridine rings is 1. The zero-order chi connectivity index (χ0) is 14.1. The van der Waals surface area contributed by atoms with Gasteiger partial charge in [-0.25, -0.2) is 4.98 Å². The molecular formula is C14H11BrN4O. The lowest BCUT2D eigenvalue weighted by atomic mass is 10.1. The van der Waals surface area contributed by atoms with Crippen molar-refractivity contribution in [2.75, 3.05) is 5.32 Å². The maximum absolute atomic E-state index is 11.5. The zero-order valence-electron chi connectivity index (χ0n) is 10.6. The van der Waals surface area contributed by atoms with E-state index < -0.39 is 0 Å². The highest BCUT2D eigenvalue weighted by Gasteiger charge is 2.08. The summed E-state index contributed by atoms with van der Waals surface area (Å²) in [6.45, 7) is 1.94. The number of anilines is 2. The van der Waals surface area contributed by atoms with E-state index in [1.165, 1.54) is 6.33 Å². The Morgan fingerprint density at radius 3 is 2.95 bits per heavy atom. The summed E-state index contributed by atoms with van der Waals surface area (Å²) in [5.41, 5.74) is 2.36. The number of nitrogens with zero attached hydrogens (tertiary/aromatic N) is 2. The Hall–Kier alpha value is -2.21. The number of nitrogens with one attached hydrogen (secondary N) is 2. The fourth-order valence-electron chi connectivity index (χ4n) is 1.94. The Morgan fingerprint density at radius 1 is 1.25 bits per heavy atom. The maximum atomic E-state index is 11.5. The van der Waals surface area contributed by atoms with Crippen molar-refractivity contribution >= 4 is 38.3 Å². The molecule has 0 atom stereocenters. The molecule has 2 N–H and O–H groups in total. The van der Waals surface area contributed by atoms with Crippen LogP contribution in [0.15, 0.2) is 45.9 Å². The molecule has 0 aliphatic rings. The standard InChI is InChI=1S/C14H11BrN4O/c1-8-5-6-9-3-2-4-10(12(9)18-8)19-13-11(15)14(20)17-7-16-13/h2-7H,1H3,(H2,16,17,19,20). The number of fused-ring (bicyclic) bond motifs is 1. The summed E-state index contributed by atoms with van der Waals surface area (Å²) in [4.78, 5) is 22.7. The molecule has 20 heavy (non-hydrogen) atoms. The lowest BCUT2D eigenvalue weighted by Crippen LogP contribution is -2.10. The van der Waals surface area contributed by atoms with Crippen LogP contribution in [0.1, 0.15) is 5.69 Å². The van der Waals surface area contributed by atoms with Gasteiger partial charge in [-0.3, -0.25) is 9.78 Å². The topological polar surface area (TPSA) is 70.7 Å². The number of rotatable bonds is 2. The van der Waals surface area contributed by atoms with Crippen molar-refractivity contribution in [1.82, 2.24) is 15.0 Å². The number of benzene rings is 1. The van der Waals surface area contributed by atoms with E-state index in [0.717, 1.165) is 22.3 Å². The Labute approximate surface area is 123 Å². The molecule has 3 rings (SSSR count). The van der Waals surface area contributed by atoms with Crippen molar-refractivity contribution in [3.63, 3.8) is 0 Å². The molecular weight excluding hydrogens is 320 g/mol. The molecule has 6 heteroatoms. The second-order valence-electron chi connectivity index (χ2n) is 4.35. The largest absolute Gasteiger partial charge is 0.337 e. The van der Waals surface area contributed by atoms with Crippen LogP contribution < -0.4 is 10.9 Å². The van der Waals surface area contributed by atoms with Crippen molar-refractivity contribution in [2.24, 2.45) is 0 Å². The molecule has 2 aromatic heterocycles. The summed E-state index contributed by atoms with van der Waals surface area (Å²) < 4.78 is 0.365. The third-order valence-electron chi connectivity index (χ3n) is 2.91. The number of para-hydroxylation sites is 1. The molecule has 0 spiro atoms. The molecule has 0 saturated heterocycles. The molecule has 5 nitrogen and oxygen atoms in total. The first-order valence-corrected chi connectivity index (χ1v) is 6.81. The van der Waals surface area contributed by atoms with Crippen molar-refractivity contribution in [2.45, 2.75) is 6.92 Å². The number of aromatic nitrogens is 3. The minimum absolute atomic E-state index is 0.230. The molecule has 0 aliphatic heterocycles. The SMILES string of the molecule is Cc1ccc2cccc(Nc3nc[nH]c(=O)c3Br)c2n1. The van der Waals surface area contributed by atoms with Gasteiger partial charge in [0.2, 0.25) is 0 Å². The molecule has 0 radical (unpaired) electrons. The Morgan fingerprint density at radius 2 is 2.10 bits per heavy atom. The number of aromatic amines is 1. The number of H-pyrrole nitrogens is 1. The van der Waals surface area contributed by atoms with Gasteiger partial charge in [-0.05, 0) is 35.0 Å². The first-order chi connectivity index (χ1) is 9.65. The minimum atomic E-state index is -0.230. The lowest BCUT2D eigenvalue weighted by molar-refractivity contribution is 1.10. The number of hydrogen-bond donors (Lipinski definition) is 2. The van der Waals surface area contributed by atoms with Crippen LogP contribution in [-0.4, -0.2) is 15.0 Å². The smallest absolute Gasteiger partial charge is 0.267 e. The third kappa shape index (κ3) is 2.30. The molecule has 3 aromatic rings. The summed E-state index contributed by atoms with van der Waals surface area (Å²) in [6, 6.07) is 9.82. The quantitative estimate of drug-likeness (QED) is 0.757. The van der Waals surface area contributed by atoms with Gasteiger partial charge in [-0.2, -0.15) is 0 Å².